The molecule has 0 spiro atoms. The molecule has 0 aromatic heterocycles. The van der Waals surface area contributed by atoms with Crippen LogP contribution in [0.15, 0.2) is 18.2 Å². The van der Waals surface area contributed by atoms with Gasteiger partial charge in [-0.1, -0.05) is 11.6 Å². The maximum atomic E-state index is 12.3. The van der Waals surface area contributed by atoms with E-state index in [0.29, 0.717) is 10.6 Å². The molecular formula is C14H19ClN2O. The number of carbonyl (C=O) groups is 1. The van der Waals surface area contributed by atoms with Gasteiger partial charge in [-0.3, -0.25) is 4.79 Å². The van der Waals surface area contributed by atoms with Gasteiger partial charge in [-0.05, 0) is 51.3 Å². The average Bonchev–Trinajstić information content (AvgIpc) is 2.29. The summed E-state index contributed by atoms with van der Waals surface area (Å²) in [7, 11) is 0. The number of halogens is 1. The van der Waals surface area contributed by atoms with Crippen LogP contribution in [0.1, 0.15) is 43.5 Å². The molecule has 0 bridgehead atoms. The number of amides is 1. The summed E-state index contributed by atoms with van der Waals surface area (Å²) in [5.41, 5.74) is 1.42. The van der Waals surface area contributed by atoms with Crippen molar-refractivity contribution < 1.29 is 4.79 Å². The summed E-state index contributed by atoms with van der Waals surface area (Å²) in [5.74, 6) is -0.0457. The number of anilines is 1. The predicted molar refractivity (Wildman–Crippen MR) is 75.3 cm³/mol. The summed E-state index contributed by atoms with van der Waals surface area (Å²) in [4.78, 5) is 12.3. The minimum atomic E-state index is -0.0457. The van der Waals surface area contributed by atoms with Gasteiger partial charge in [-0.15, -0.1) is 0 Å². The van der Waals surface area contributed by atoms with Gasteiger partial charge in [-0.25, -0.2) is 0 Å². The fraction of sp³-hybridized carbons (Fsp3) is 0.500. The van der Waals surface area contributed by atoms with Crippen molar-refractivity contribution in [3.8, 4) is 0 Å². The van der Waals surface area contributed by atoms with Crippen molar-refractivity contribution in [1.29, 1.82) is 0 Å². The highest BCUT2D eigenvalue weighted by atomic mass is 35.5. The van der Waals surface area contributed by atoms with Crippen molar-refractivity contribution in [2.75, 3.05) is 11.9 Å². The Balaban J connectivity index is 2.19. The molecule has 2 rings (SSSR count). The third-order valence-electron chi connectivity index (χ3n) is 3.47. The molecule has 0 aliphatic heterocycles. The second-order valence-electron chi connectivity index (χ2n) is 5.09. The van der Waals surface area contributed by atoms with E-state index in [1.165, 1.54) is 6.42 Å². The SMILES string of the molecule is CCNc1ccc(Cl)cc1C(=O)NC1(C)CCC1. The number of benzene rings is 1. The van der Waals surface area contributed by atoms with E-state index in [1.807, 2.05) is 13.0 Å². The molecular weight excluding hydrogens is 248 g/mol. The quantitative estimate of drug-likeness (QED) is 0.876. The van der Waals surface area contributed by atoms with Gasteiger partial charge >= 0.3 is 0 Å². The first-order valence-electron chi connectivity index (χ1n) is 6.40. The van der Waals surface area contributed by atoms with Crippen LogP contribution in [0.2, 0.25) is 5.02 Å². The lowest BCUT2D eigenvalue weighted by atomic mass is 9.78. The van der Waals surface area contributed by atoms with Gasteiger partial charge < -0.3 is 10.6 Å². The van der Waals surface area contributed by atoms with Gasteiger partial charge in [-0.2, -0.15) is 0 Å². The van der Waals surface area contributed by atoms with E-state index in [9.17, 15) is 4.79 Å². The molecule has 2 N–H and O–H groups in total. The molecule has 0 saturated heterocycles. The first-order valence-corrected chi connectivity index (χ1v) is 6.78. The van der Waals surface area contributed by atoms with E-state index in [2.05, 4.69) is 17.6 Å². The van der Waals surface area contributed by atoms with Crippen molar-refractivity contribution >= 4 is 23.2 Å². The molecule has 1 saturated carbocycles. The minimum absolute atomic E-state index is 0.0388. The second-order valence-corrected chi connectivity index (χ2v) is 5.53. The molecule has 3 nitrogen and oxygen atoms in total. The van der Waals surface area contributed by atoms with Crippen LogP contribution < -0.4 is 10.6 Å². The summed E-state index contributed by atoms with van der Waals surface area (Å²) < 4.78 is 0. The Morgan fingerprint density at radius 2 is 2.17 bits per heavy atom. The molecule has 1 aromatic carbocycles. The molecule has 1 aliphatic rings. The molecule has 1 amide bonds. The number of hydrogen-bond donors (Lipinski definition) is 2. The summed E-state index contributed by atoms with van der Waals surface area (Å²) in [5, 5.41) is 6.87. The van der Waals surface area contributed by atoms with Crippen molar-refractivity contribution in [3.05, 3.63) is 28.8 Å². The van der Waals surface area contributed by atoms with E-state index in [4.69, 9.17) is 11.6 Å². The standard InChI is InChI=1S/C14H19ClN2O/c1-3-16-12-6-5-10(15)9-11(12)13(18)17-14(2)7-4-8-14/h5-6,9,16H,3-4,7-8H2,1-2H3,(H,17,18). The lowest BCUT2D eigenvalue weighted by Gasteiger charge is -2.39. The highest BCUT2D eigenvalue weighted by Crippen LogP contribution is 2.32. The molecule has 0 radical (unpaired) electrons. The van der Waals surface area contributed by atoms with Crippen LogP contribution in [0.3, 0.4) is 0 Å². The fourth-order valence-corrected chi connectivity index (χ4v) is 2.39. The molecule has 0 atom stereocenters. The van der Waals surface area contributed by atoms with Crippen LogP contribution in [0.25, 0.3) is 0 Å². The largest absolute Gasteiger partial charge is 0.385 e. The van der Waals surface area contributed by atoms with Crippen molar-refractivity contribution in [2.45, 2.75) is 38.6 Å². The Labute approximate surface area is 113 Å². The average molecular weight is 267 g/mol. The fourth-order valence-electron chi connectivity index (χ4n) is 2.22. The van der Waals surface area contributed by atoms with E-state index < -0.39 is 0 Å². The third-order valence-corrected chi connectivity index (χ3v) is 3.70. The number of rotatable bonds is 4. The second kappa shape index (κ2) is 5.19. The van der Waals surface area contributed by atoms with Crippen LogP contribution >= 0.6 is 11.6 Å². The summed E-state index contributed by atoms with van der Waals surface area (Å²) in [6.45, 7) is 4.87. The molecule has 98 valence electrons. The normalized spacial score (nSPS) is 16.8. The van der Waals surface area contributed by atoms with E-state index in [-0.39, 0.29) is 11.4 Å². The number of hydrogen-bond acceptors (Lipinski definition) is 2. The van der Waals surface area contributed by atoms with Gasteiger partial charge in [0.2, 0.25) is 0 Å². The van der Waals surface area contributed by atoms with Gasteiger partial charge in [0.15, 0.2) is 0 Å². The Morgan fingerprint density at radius 1 is 1.44 bits per heavy atom. The lowest BCUT2D eigenvalue weighted by molar-refractivity contribution is 0.0851. The molecule has 1 fully saturated rings. The lowest BCUT2D eigenvalue weighted by Crippen LogP contribution is -2.51. The molecule has 1 aromatic rings. The maximum Gasteiger partial charge on any atom is 0.253 e. The Hall–Kier alpha value is -1.22. The summed E-state index contributed by atoms with van der Waals surface area (Å²) in [6.07, 6.45) is 3.29. The zero-order chi connectivity index (χ0) is 13.2. The Kier molecular flexibility index (Phi) is 3.81. The Bertz CT molecular complexity index is 455. The van der Waals surface area contributed by atoms with Crippen molar-refractivity contribution in [2.24, 2.45) is 0 Å². The minimum Gasteiger partial charge on any atom is -0.385 e. The zero-order valence-electron chi connectivity index (χ0n) is 10.8. The third kappa shape index (κ3) is 2.78. The van der Waals surface area contributed by atoms with Crippen LogP contribution in [0.4, 0.5) is 5.69 Å². The molecule has 1 aliphatic carbocycles. The van der Waals surface area contributed by atoms with Gasteiger partial charge in [0.1, 0.15) is 0 Å². The maximum absolute atomic E-state index is 12.3. The summed E-state index contributed by atoms with van der Waals surface area (Å²) in [6, 6.07) is 5.36. The smallest absolute Gasteiger partial charge is 0.253 e. The van der Waals surface area contributed by atoms with Crippen LogP contribution in [0.5, 0.6) is 0 Å². The first kappa shape index (κ1) is 13.2. The van der Waals surface area contributed by atoms with Crippen LogP contribution in [0, 0.1) is 0 Å². The topological polar surface area (TPSA) is 41.1 Å². The molecule has 0 unspecified atom stereocenters. The van der Waals surface area contributed by atoms with E-state index >= 15 is 0 Å². The van der Waals surface area contributed by atoms with E-state index in [1.54, 1.807) is 12.1 Å². The van der Waals surface area contributed by atoms with Crippen LogP contribution in [-0.4, -0.2) is 18.0 Å². The van der Waals surface area contributed by atoms with E-state index in [0.717, 1.165) is 25.1 Å². The van der Waals surface area contributed by atoms with Gasteiger partial charge in [0.05, 0.1) is 5.56 Å². The van der Waals surface area contributed by atoms with Crippen molar-refractivity contribution in [1.82, 2.24) is 5.32 Å². The van der Waals surface area contributed by atoms with Gasteiger partial charge in [0, 0.05) is 22.8 Å². The zero-order valence-corrected chi connectivity index (χ0v) is 11.6. The molecule has 0 heterocycles. The molecule has 4 heteroatoms. The molecule has 18 heavy (non-hydrogen) atoms. The monoisotopic (exact) mass is 266 g/mol. The highest BCUT2D eigenvalue weighted by Gasteiger charge is 2.33. The highest BCUT2D eigenvalue weighted by molar-refractivity contribution is 6.31. The summed E-state index contributed by atoms with van der Waals surface area (Å²) >= 11 is 5.97. The predicted octanol–water partition coefficient (Wildman–Crippen LogP) is 3.44. The Morgan fingerprint density at radius 3 is 2.72 bits per heavy atom. The first-order chi connectivity index (χ1) is 8.54. The number of nitrogens with one attached hydrogen (secondary N) is 2. The van der Waals surface area contributed by atoms with Gasteiger partial charge in [0.25, 0.3) is 5.91 Å². The van der Waals surface area contributed by atoms with Crippen molar-refractivity contribution in [3.63, 3.8) is 0 Å². The number of carbonyl (C=O) groups excluding carboxylic acids is 1. The van der Waals surface area contributed by atoms with Crippen LogP contribution in [-0.2, 0) is 0 Å².